The molecule has 0 saturated carbocycles. The zero-order valence-corrected chi connectivity index (χ0v) is 36.6. The van der Waals surface area contributed by atoms with Gasteiger partial charge in [0, 0.05) is 23.8 Å². The first-order valence-corrected chi connectivity index (χ1v) is 21.1. The van der Waals surface area contributed by atoms with Crippen molar-refractivity contribution in [2.24, 2.45) is 0 Å². The minimum absolute atomic E-state index is 0.0258. The summed E-state index contributed by atoms with van der Waals surface area (Å²) >= 11 is 0. The molecule has 3 aliphatic rings. The molecule has 0 aliphatic carbocycles. The van der Waals surface area contributed by atoms with Crippen LogP contribution in [0, 0.1) is 0 Å². The van der Waals surface area contributed by atoms with Crippen molar-refractivity contribution in [1.82, 2.24) is 0 Å². The number of phenols is 5. The summed E-state index contributed by atoms with van der Waals surface area (Å²) in [5.74, 6) is -5.30. The van der Waals surface area contributed by atoms with Gasteiger partial charge in [0.2, 0.25) is 23.2 Å². The number of aliphatic hydroxyl groups excluding tert-OH is 9. The second-order valence-corrected chi connectivity index (χ2v) is 16.1. The third-order valence-electron chi connectivity index (χ3n) is 11.6. The molecule has 0 radical (unpaired) electrons. The number of hydrogen-bond donors (Lipinski definition) is 14. The Morgan fingerprint density at radius 1 is 0.643 bits per heavy atom. The molecule has 3 saturated heterocycles. The first-order chi connectivity index (χ1) is 33.3. The van der Waals surface area contributed by atoms with Gasteiger partial charge in [-0.25, -0.2) is 4.79 Å². The van der Waals surface area contributed by atoms with E-state index in [0.717, 1.165) is 36.4 Å². The van der Waals surface area contributed by atoms with Crippen LogP contribution >= 0.6 is 0 Å². The maximum absolute atomic E-state index is 14.2. The summed E-state index contributed by atoms with van der Waals surface area (Å²) in [6, 6.07) is 7.64. The molecule has 1 aromatic heterocycles. The summed E-state index contributed by atoms with van der Waals surface area (Å²) in [6.45, 7) is -2.77. The van der Waals surface area contributed by atoms with Crippen LogP contribution in [0.1, 0.15) is 5.56 Å². The standard InChI is InChI=1S/C44H50O26/c1-61-22-7-15(8-23(62-2)29(22)52)3-6-27(51)63-14-26-32(55)34(57)37(60)42(67-26)69-40-35(58)30(53)25(13-46)66-44(40)70-41-36(59)31(54)24(12-45)65-43(41)68-39-33(56)28-20(50)10-17(47)11-21(28)64-38(39)16-4-5-18(48)19(49)9-16/h3-11,24-26,30-32,34-37,40-50,52-55,57-60H,12-14H2,1-2H3/b6-3+/t24-,25-,26-,30+,31-,32-,34+,35+,36+,37-,40-,41-,42+,43+,44+/m1/s1. The van der Waals surface area contributed by atoms with Gasteiger partial charge in [0.05, 0.1) is 27.4 Å². The lowest BCUT2D eigenvalue weighted by molar-refractivity contribution is -0.389. The van der Waals surface area contributed by atoms with Gasteiger partial charge in [-0.05, 0) is 42.0 Å². The van der Waals surface area contributed by atoms with E-state index in [1.807, 2.05) is 0 Å². The van der Waals surface area contributed by atoms with Gasteiger partial charge in [0.15, 0.2) is 47.4 Å². The number of carbonyl (C=O) groups excluding carboxylic acids is 1. The number of carbonyl (C=O) groups is 1. The average Bonchev–Trinajstić information content (AvgIpc) is 3.33. The molecule has 26 nitrogen and oxygen atoms in total. The van der Waals surface area contributed by atoms with E-state index in [2.05, 4.69) is 0 Å². The smallest absolute Gasteiger partial charge is 0.330 e. The monoisotopic (exact) mass is 994 g/mol. The highest BCUT2D eigenvalue weighted by molar-refractivity contribution is 5.89. The molecule has 382 valence electrons. The molecule has 14 N–H and O–H groups in total. The van der Waals surface area contributed by atoms with Gasteiger partial charge in [0.25, 0.3) is 0 Å². The highest BCUT2D eigenvalue weighted by Gasteiger charge is 2.55. The fourth-order valence-corrected chi connectivity index (χ4v) is 7.82. The molecule has 3 aromatic carbocycles. The molecule has 7 rings (SSSR count). The number of rotatable bonds is 15. The predicted octanol–water partition coefficient (Wildman–Crippen LogP) is -2.90. The SMILES string of the molecule is COc1cc(/C=C/C(=O)OC[C@H]2O[C@@H](O[C@H]3[C@H](O[C@H]4[C@H](Oc5c(-c6ccc(O)c(O)c6)oc6cc(O)cc(O)c6c5=O)O[C@H](CO)[C@@H](O)[C@@H]4O)O[C@H](CO)[C@H](O)[C@@H]3O)[C@H](O)[C@@H](O)[C@@H]2O)cc(OC)c1O. The summed E-state index contributed by atoms with van der Waals surface area (Å²) in [5.41, 5.74) is -1.41. The van der Waals surface area contributed by atoms with E-state index in [4.69, 9.17) is 47.0 Å². The Hall–Kier alpha value is -6.08. The Bertz CT molecular complexity index is 2560. The van der Waals surface area contributed by atoms with Crippen molar-refractivity contribution in [3.05, 3.63) is 64.3 Å². The fraction of sp³-hybridized carbons (Fsp3) is 0.455. The Kier molecular flexibility index (Phi) is 15.9. The van der Waals surface area contributed by atoms with Gasteiger partial charge < -0.3 is 119 Å². The van der Waals surface area contributed by atoms with E-state index in [-0.39, 0.29) is 22.8 Å². The van der Waals surface area contributed by atoms with Crippen LogP contribution in [0.3, 0.4) is 0 Å². The van der Waals surface area contributed by atoms with Crippen LogP contribution in [-0.2, 0) is 33.2 Å². The van der Waals surface area contributed by atoms with Crippen molar-refractivity contribution >= 4 is 23.0 Å². The third-order valence-corrected chi connectivity index (χ3v) is 11.6. The zero-order chi connectivity index (χ0) is 50.9. The molecule has 0 bridgehead atoms. The predicted molar refractivity (Wildman–Crippen MR) is 228 cm³/mol. The van der Waals surface area contributed by atoms with Gasteiger partial charge in [-0.2, -0.15) is 0 Å². The first kappa shape index (κ1) is 51.8. The molecule has 3 fully saturated rings. The number of aliphatic hydroxyl groups is 9. The topological polar surface area (TPSA) is 414 Å². The minimum Gasteiger partial charge on any atom is -0.508 e. The van der Waals surface area contributed by atoms with E-state index in [1.54, 1.807) is 0 Å². The van der Waals surface area contributed by atoms with Crippen LogP contribution in [0.4, 0.5) is 0 Å². The molecule has 4 heterocycles. The van der Waals surface area contributed by atoms with Crippen molar-refractivity contribution in [3.8, 4) is 57.3 Å². The number of ether oxygens (including phenoxy) is 9. The van der Waals surface area contributed by atoms with Crippen molar-refractivity contribution < 1.29 is 123 Å². The lowest BCUT2D eigenvalue weighted by Gasteiger charge is -2.48. The number of aromatic hydroxyl groups is 5. The largest absolute Gasteiger partial charge is 0.508 e. The lowest BCUT2D eigenvalue weighted by Crippen LogP contribution is -2.67. The number of fused-ring (bicyclic) bond motifs is 1. The second-order valence-electron chi connectivity index (χ2n) is 16.1. The second kappa shape index (κ2) is 21.5. The highest BCUT2D eigenvalue weighted by atomic mass is 16.8. The molecule has 0 amide bonds. The zero-order valence-electron chi connectivity index (χ0n) is 36.6. The third kappa shape index (κ3) is 10.4. The number of benzene rings is 3. The van der Waals surface area contributed by atoms with Crippen LogP contribution in [0.2, 0.25) is 0 Å². The van der Waals surface area contributed by atoms with Crippen molar-refractivity contribution in [2.75, 3.05) is 34.0 Å². The molecular weight excluding hydrogens is 944 g/mol. The number of phenolic OH excluding ortho intramolecular Hbond substituents is 5. The van der Waals surface area contributed by atoms with Crippen molar-refractivity contribution in [3.63, 3.8) is 0 Å². The van der Waals surface area contributed by atoms with Crippen LogP contribution in [-0.4, -0.2) is 204 Å². The highest BCUT2D eigenvalue weighted by Crippen LogP contribution is 2.41. The average molecular weight is 995 g/mol. The van der Waals surface area contributed by atoms with Gasteiger partial charge >= 0.3 is 5.97 Å². The van der Waals surface area contributed by atoms with Crippen LogP contribution in [0.25, 0.3) is 28.4 Å². The van der Waals surface area contributed by atoms with Crippen LogP contribution < -0.4 is 19.6 Å². The number of methoxy groups -OCH3 is 2. The molecular formula is C44H50O26. The van der Waals surface area contributed by atoms with E-state index in [1.165, 1.54) is 32.4 Å². The van der Waals surface area contributed by atoms with Crippen molar-refractivity contribution in [2.45, 2.75) is 92.1 Å². The Morgan fingerprint density at radius 2 is 1.21 bits per heavy atom. The van der Waals surface area contributed by atoms with Crippen LogP contribution in [0.5, 0.6) is 46.0 Å². The Labute approximate surface area is 393 Å². The molecule has 15 atom stereocenters. The lowest BCUT2D eigenvalue weighted by atomic mass is 9.96. The summed E-state index contributed by atoms with van der Waals surface area (Å²) < 4.78 is 56.2. The van der Waals surface area contributed by atoms with Gasteiger partial charge in [-0.15, -0.1) is 0 Å². The van der Waals surface area contributed by atoms with E-state index in [9.17, 15) is 81.1 Å². The quantitative estimate of drug-likeness (QED) is 0.0323. The normalized spacial score (nSPS) is 31.4. The van der Waals surface area contributed by atoms with Crippen molar-refractivity contribution in [1.29, 1.82) is 0 Å². The molecule has 0 spiro atoms. The van der Waals surface area contributed by atoms with Gasteiger partial charge in [0.1, 0.15) is 96.2 Å². The molecule has 4 aromatic rings. The first-order valence-electron chi connectivity index (χ1n) is 21.1. The Balaban J connectivity index is 1.17. The maximum Gasteiger partial charge on any atom is 0.330 e. The van der Waals surface area contributed by atoms with E-state index >= 15 is 0 Å². The molecule has 3 aliphatic heterocycles. The summed E-state index contributed by atoms with van der Waals surface area (Å²) in [6.07, 6.45) is -27.9. The summed E-state index contributed by atoms with van der Waals surface area (Å²) in [7, 11) is 2.59. The van der Waals surface area contributed by atoms with Gasteiger partial charge in [-0.1, -0.05) is 0 Å². The number of hydrogen-bond acceptors (Lipinski definition) is 26. The summed E-state index contributed by atoms with van der Waals surface area (Å²) in [5, 5.41) is 149. The van der Waals surface area contributed by atoms with Crippen LogP contribution in [0.15, 0.2) is 57.8 Å². The fourth-order valence-electron chi connectivity index (χ4n) is 7.82. The maximum atomic E-state index is 14.2. The van der Waals surface area contributed by atoms with Gasteiger partial charge in [-0.3, -0.25) is 4.79 Å². The minimum atomic E-state index is -2.18. The van der Waals surface area contributed by atoms with E-state index < -0.39 is 169 Å². The molecule has 0 unspecified atom stereocenters. The molecule has 26 heteroatoms. The number of esters is 1. The Morgan fingerprint density at radius 3 is 1.81 bits per heavy atom. The summed E-state index contributed by atoms with van der Waals surface area (Å²) in [4.78, 5) is 26.9. The van der Waals surface area contributed by atoms with E-state index in [0.29, 0.717) is 5.56 Å². The molecule has 70 heavy (non-hydrogen) atoms.